The summed E-state index contributed by atoms with van der Waals surface area (Å²) >= 11 is 0. The summed E-state index contributed by atoms with van der Waals surface area (Å²) in [6, 6.07) is 11.6. The number of ether oxygens (including phenoxy) is 1. The number of fused-ring (bicyclic) bond motifs is 1. The second-order valence-electron chi connectivity index (χ2n) is 7.85. The summed E-state index contributed by atoms with van der Waals surface area (Å²) in [5, 5.41) is 4.16. The third-order valence-corrected chi connectivity index (χ3v) is 5.66. The van der Waals surface area contributed by atoms with E-state index in [0.29, 0.717) is 29.5 Å². The highest BCUT2D eigenvalue weighted by Gasteiger charge is 2.22. The number of nitrogens with zero attached hydrogens (tertiary/aromatic N) is 4. The predicted molar refractivity (Wildman–Crippen MR) is 131 cm³/mol. The van der Waals surface area contributed by atoms with Crippen molar-refractivity contribution in [1.29, 1.82) is 0 Å². The van der Waals surface area contributed by atoms with Crippen LogP contribution in [-0.4, -0.2) is 33.0 Å². The maximum absolute atomic E-state index is 12.1. The summed E-state index contributed by atoms with van der Waals surface area (Å²) in [4.78, 5) is 30.1. The third-order valence-electron chi connectivity index (χ3n) is 5.66. The molecular weight excluding hydrogens is 428 g/mol. The average Bonchev–Trinajstić information content (AvgIpc) is 2.89. The molecule has 0 bridgehead atoms. The molecule has 1 unspecified atom stereocenters. The van der Waals surface area contributed by atoms with Crippen molar-refractivity contribution in [3.8, 4) is 28.3 Å². The molecule has 34 heavy (non-hydrogen) atoms. The molecule has 0 saturated heterocycles. The molecule has 0 radical (unpaired) electrons. The first kappa shape index (κ1) is 21.3. The summed E-state index contributed by atoms with van der Waals surface area (Å²) in [6.45, 7) is 0. The number of carbonyl (C=O) groups is 1. The van der Waals surface area contributed by atoms with Gasteiger partial charge in [0.1, 0.15) is 11.6 Å². The smallest absolute Gasteiger partial charge is 0.226 e. The lowest BCUT2D eigenvalue weighted by atomic mass is 9.96. The van der Waals surface area contributed by atoms with Gasteiger partial charge in [-0.1, -0.05) is 18.2 Å². The monoisotopic (exact) mass is 450 g/mol. The molecule has 1 amide bonds. The van der Waals surface area contributed by atoms with Crippen LogP contribution in [0.5, 0.6) is 5.75 Å². The van der Waals surface area contributed by atoms with Crippen molar-refractivity contribution >= 4 is 22.6 Å². The van der Waals surface area contributed by atoms with Crippen LogP contribution in [0.25, 0.3) is 33.4 Å². The van der Waals surface area contributed by atoms with Gasteiger partial charge in [-0.3, -0.25) is 14.8 Å². The summed E-state index contributed by atoms with van der Waals surface area (Å²) < 4.78 is 5.32. The van der Waals surface area contributed by atoms with Gasteiger partial charge < -0.3 is 15.8 Å². The van der Waals surface area contributed by atoms with Crippen molar-refractivity contribution in [2.24, 2.45) is 11.7 Å². The summed E-state index contributed by atoms with van der Waals surface area (Å²) in [5.74, 6) is 0.929. The van der Waals surface area contributed by atoms with E-state index in [-0.39, 0.29) is 0 Å². The largest absolute Gasteiger partial charge is 0.495 e. The number of pyridine rings is 2. The van der Waals surface area contributed by atoms with Crippen molar-refractivity contribution in [3.05, 3.63) is 85.1 Å². The molecule has 8 nitrogen and oxygen atoms in total. The molecule has 0 spiro atoms. The molecule has 3 aromatic heterocycles. The van der Waals surface area contributed by atoms with Crippen molar-refractivity contribution < 1.29 is 9.53 Å². The van der Waals surface area contributed by atoms with E-state index in [0.717, 1.165) is 27.6 Å². The van der Waals surface area contributed by atoms with Crippen LogP contribution >= 0.6 is 0 Å². The average molecular weight is 451 g/mol. The van der Waals surface area contributed by atoms with Crippen molar-refractivity contribution in [2.45, 2.75) is 6.42 Å². The Kier molecular flexibility index (Phi) is 5.70. The molecule has 3 heterocycles. The summed E-state index contributed by atoms with van der Waals surface area (Å²) in [5.41, 5.74) is 9.73. The zero-order valence-electron chi connectivity index (χ0n) is 18.5. The highest BCUT2D eigenvalue weighted by atomic mass is 16.5. The molecular formula is C26H22N6O2. The Hall–Kier alpha value is -4.59. The van der Waals surface area contributed by atoms with Crippen LogP contribution < -0.4 is 15.8 Å². The number of aromatic nitrogens is 4. The Balaban J connectivity index is 1.66. The fourth-order valence-electron chi connectivity index (χ4n) is 3.88. The number of primary amides is 1. The van der Waals surface area contributed by atoms with Gasteiger partial charge in [0.15, 0.2) is 5.82 Å². The van der Waals surface area contributed by atoms with E-state index >= 15 is 0 Å². The third kappa shape index (κ3) is 4.21. The van der Waals surface area contributed by atoms with Crippen LogP contribution in [0.3, 0.4) is 0 Å². The number of carbonyl (C=O) groups excluding carboxylic acids is 1. The lowest BCUT2D eigenvalue weighted by Crippen LogP contribution is -2.28. The minimum Gasteiger partial charge on any atom is -0.495 e. The highest BCUT2D eigenvalue weighted by molar-refractivity contribution is 5.95. The van der Waals surface area contributed by atoms with E-state index in [9.17, 15) is 4.79 Å². The van der Waals surface area contributed by atoms with Crippen molar-refractivity contribution in [1.82, 2.24) is 19.9 Å². The van der Waals surface area contributed by atoms with E-state index in [1.165, 1.54) is 0 Å². The Morgan fingerprint density at radius 1 is 1.06 bits per heavy atom. The first-order valence-electron chi connectivity index (χ1n) is 10.8. The van der Waals surface area contributed by atoms with Gasteiger partial charge >= 0.3 is 0 Å². The Labute approximate surface area is 196 Å². The molecule has 5 rings (SSSR count). The van der Waals surface area contributed by atoms with Gasteiger partial charge in [0.2, 0.25) is 5.91 Å². The van der Waals surface area contributed by atoms with E-state index in [2.05, 4.69) is 15.3 Å². The lowest BCUT2D eigenvalue weighted by Gasteiger charge is -2.21. The Bertz CT molecular complexity index is 1430. The standard InChI is InChI=1S/C26H22N6O2/c1-34-19-11-18(14-29-15-19)16-8-9-23-21(12-16)26(31-22-7-3-2-6-20(22)24(27)33)32-25(30-23)17-5-4-10-28-13-17/h2-5,7-15,20H,6H2,1H3,(H2,27,33)(H,30,31,32). The number of methoxy groups -OCH3 is 1. The fraction of sp³-hybridized carbons (Fsp3) is 0.115. The Morgan fingerprint density at radius 2 is 1.94 bits per heavy atom. The molecule has 1 aromatic carbocycles. The quantitative estimate of drug-likeness (QED) is 0.454. The molecule has 3 N–H and O–H groups in total. The molecule has 4 aromatic rings. The molecule has 168 valence electrons. The number of nitrogens with two attached hydrogens (primary N) is 1. The second kappa shape index (κ2) is 9.11. The molecule has 0 aliphatic heterocycles. The number of amides is 1. The number of rotatable bonds is 6. The van der Waals surface area contributed by atoms with Gasteiger partial charge in [0.05, 0.1) is 24.7 Å². The number of nitrogens with one attached hydrogen (secondary N) is 1. The van der Waals surface area contributed by atoms with Crippen LogP contribution in [0.2, 0.25) is 0 Å². The van der Waals surface area contributed by atoms with Gasteiger partial charge in [-0.25, -0.2) is 9.97 Å². The number of hydrogen-bond acceptors (Lipinski definition) is 7. The van der Waals surface area contributed by atoms with Crippen LogP contribution in [0.15, 0.2) is 85.1 Å². The number of anilines is 1. The number of allylic oxidation sites excluding steroid dienone is 3. The molecule has 8 heteroatoms. The zero-order valence-corrected chi connectivity index (χ0v) is 18.5. The maximum atomic E-state index is 12.1. The van der Waals surface area contributed by atoms with Gasteiger partial charge in [-0.05, 0) is 48.4 Å². The molecule has 1 aliphatic rings. The van der Waals surface area contributed by atoms with Gasteiger partial charge in [-0.2, -0.15) is 0 Å². The molecule has 0 saturated carbocycles. The fourth-order valence-corrected chi connectivity index (χ4v) is 3.88. The van der Waals surface area contributed by atoms with Gasteiger partial charge in [0, 0.05) is 40.8 Å². The van der Waals surface area contributed by atoms with E-state index < -0.39 is 11.8 Å². The zero-order chi connectivity index (χ0) is 23.5. The van der Waals surface area contributed by atoms with Crippen molar-refractivity contribution in [3.63, 3.8) is 0 Å². The number of hydrogen-bond donors (Lipinski definition) is 2. The van der Waals surface area contributed by atoms with Gasteiger partial charge in [0.25, 0.3) is 0 Å². The maximum Gasteiger partial charge on any atom is 0.226 e. The van der Waals surface area contributed by atoms with Crippen LogP contribution in [-0.2, 0) is 4.79 Å². The van der Waals surface area contributed by atoms with E-state index in [1.807, 2.05) is 54.6 Å². The first-order chi connectivity index (χ1) is 16.6. The van der Waals surface area contributed by atoms with Crippen molar-refractivity contribution in [2.75, 3.05) is 12.4 Å². The van der Waals surface area contributed by atoms with Crippen LogP contribution in [0.4, 0.5) is 5.82 Å². The Morgan fingerprint density at radius 3 is 2.74 bits per heavy atom. The molecule has 1 atom stereocenters. The second-order valence-corrected chi connectivity index (χ2v) is 7.85. The minimum atomic E-state index is -0.456. The predicted octanol–water partition coefficient (Wildman–Crippen LogP) is 4.12. The van der Waals surface area contributed by atoms with E-state index in [4.69, 9.17) is 20.4 Å². The van der Waals surface area contributed by atoms with Crippen LogP contribution in [0, 0.1) is 5.92 Å². The topological polar surface area (TPSA) is 116 Å². The normalized spacial score (nSPS) is 15.1. The summed E-state index contributed by atoms with van der Waals surface area (Å²) in [6.07, 6.45) is 13.1. The molecule has 0 fully saturated rings. The SMILES string of the molecule is COc1cncc(-c2ccc3nc(-c4cccnc4)nc(NC4=CC=CCC4C(N)=O)c3c2)c1. The van der Waals surface area contributed by atoms with Crippen LogP contribution in [0.1, 0.15) is 6.42 Å². The first-order valence-corrected chi connectivity index (χ1v) is 10.8. The molecule has 1 aliphatic carbocycles. The lowest BCUT2D eigenvalue weighted by molar-refractivity contribution is -0.120. The minimum absolute atomic E-state index is 0.392. The number of benzene rings is 1. The van der Waals surface area contributed by atoms with Gasteiger partial charge in [-0.15, -0.1) is 0 Å². The summed E-state index contributed by atoms with van der Waals surface area (Å²) in [7, 11) is 1.61. The highest BCUT2D eigenvalue weighted by Crippen LogP contribution is 2.32. The van der Waals surface area contributed by atoms with E-state index in [1.54, 1.807) is 31.9 Å².